The maximum absolute atomic E-state index is 11.5. The van der Waals surface area contributed by atoms with Crippen LogP contribution in [-0.4, -0.2) is 13.1 Å². The predicted molar refractivity (Wildman–Crippen MR) is 63.4 cm³/mol. The van der Waals surface area contributed by atoms with E-state index in [-0.39, 0.29) is 18.4 Å². The van der Waals surface area contributed by atoms with E-state index in [9.17, 15) is 4.79 Å². The Morgan fingerprint density at radius 3 is 2.44 bits per heavy atom. The van der Waals surface area contributed by atoms with Crippen LogP contribution < -0.4 is 5.73 Å². The fourth-order valence-corrected chi connectivity index (χ4v) is 1.37. The average molecular weight is 248 g/mol. The van der Waals surface area contributed by atoms with Gasteiger partial charge in [-0.2, -0.15) is 0 Å². The SMILES string of the molecule is COC(=O)C(C)(C)[C@H](N)c1ccc(C)o1.Cl. The Balaban J connectivity index is 0.00000225. The van der Waals surface area contributed by atoms with Crippen molar-refractivity contribution in [2.75, 3.05) is 7.11 Å². The highest BCUT2D eigenvalue weighted by atomic mass is 35.5. The minimum Gasteiger partial charge on any atom is -0.469 e. The number of furan rings is 1. The lowest BCUT2D eigenvalue weighted by atomic mass is 9.83. The third kappa shape index (κ3) is 2.77. The second-order valence-electron chi connectivity index (χ2n) is 4.14. The number of carbonyl (C=O) groups excluding carboxylic acids is 1. The molecule has 5 heteroatoms. The molecule has 0 radical (unpaired) electrons. The van der Waals surface area contributed by atoms with E-state index < -0.39 is 11.5 Å². The van der Waals surface area contributed by atoms with Crippen LogP contribution in [0.3, 0.4) is 0 Å². The summed E-state index contributed by atoms with van der Waals surface area (Å²) in [5.41, 5.74) is 5.18. The van der Waals surface area contributed by atoms with Gasteiger partial charge in [0, 0.05) is 0 Å². The van der Waals surface area contributed by atoms with Gasteiger partial charge in [0.15, 0.2) is 0 Å². The van der Waals surface area contributed by atoms with Crippen molar-refractivity contribution < 1.29 is 13.9 Å². The first-order valence-corrected chi connectivity index (χ1v) is 4.80. The molecule has 0 saturated heterocycles. The summed E-state index contributed by atoms with van der Waals surface area (Å²) >= 11 is 0. The first-order valence-electron chi connectivity index (χ1n) is 4.80. The van der Waals surface area contributed by atoms with Gasteiger partial charge < -0.3 is 14.9 Å². The maximum Gasteiger partial charge on any atom is 0.313 e. The summed E-state index contributed by atoms with van der Waals surface area (Å²) in [5.74, 6) is 1.04. The van der Waals surface area contributed by atoms with E-state index in [0.29, 0.717) is 5.76 Å². The summed E-state index contributed by atoms with van der Waals surface area (Å²) in [6, 6.07) is 3.10. The zero-order chi connectivity index (χ0) is 11.6. The molecule has 0 saturated carbocycles. The maximum atomic E-state index is 11.5. The Hall–Kier alpha value is -1.00. The molecule has 16 heavy (non-hydrogen) atoms. The molecule has 0 amide bonds. The van der Waals surface area contributed by atoms with E-state index in [4.69, 9.17) is 14.9 Å². The van der Waals surface area contributed by atoms with Gasteiger partial charge >= 0.3 is 5.97 Å². The monoisotopic (exact) mass is 247 g/mol. The number of hydrogen-bond donors (Lipinski definition) is 1. The van der Waals surface area contributed by atoms with Crippen LogP contribution >= 0.6 is 12.4 Å². The molecule has 2 N–H and O–H groups in total. The Morgan fingerprint density at radius 1 is 1.50 bits per heavy atom. The molecule has 92 valence electrons. The van der Waals surface area contributed by atoms with Crippen LogP contribution in [0.15, 0.2) is 16.5 Å². The molecule has 0 bridgehead atoms. The number of nitrogens with two attached hydrogens (primary N) is 1. The van der Waals surface area contributed by atoms with Crippen LogP contribution in [0.25, 0.3) is 0 Å². The van der Waals surface area contributed by atoms with Gasteiger partial charge in [-0.3, -0.25) is 4.79 Å². The number of ether oxygens (including phenoxy) is 1. The van der Waals surface area contributed by atoms with E-state index in [2.05, 4.69) is 0 Å². The molecule has 0 unspecified atom stereocenters. The number of halogens is 1. The lowest BCUT2D eigenvalue weighted by molar-refractivity contribution is -0.152. The third-order valence-electron chi connectivity index (χ3n) is 2.56. The van der Waals surface area contributed by atoms with E-state index in [1.165, 1.54) is 7.11 Å². The largest absolute Gasteiger partial charge is 0.469 e. The van der Waals surface area contributed by atoms with Gasteiger partial charge in [0.2, 0.25) is 0 Å². The molecule has 4 nitrogen and oxygen atoms in total. The van der Waals surface area contributed by atoms with E-state index in [1.54, 1.807) is 19.9 Å². The molecule has 1 atom stereocenters. The van der Waals surface area contributed by atoms with Crippen LogP contribution in [0.1, 0.15) is 31.4 Å². The predicted octanol–water partition coefficient (Wildman–Crippen LogP) is 2.21. The molecule has 0 aliphatic carbocycles. The van der Waals surface area contributed by atoms with Crippen LogP contribution in [0.5, 0.6) is 0 Å². The van der Waals surface area contributed by atoms with Gasteiger partial charge in [0.25, 0.3) is 0 Å². The lowest BCUT2D eigenvalue weighted by Crippen LogP contribution is -2.37. The molecule has 1 rings (SSSR count). The summed E-state index contributed by atoms with van der Waals surface area (Å²) in [4.78, 5) is 11.5. The lowest BCUT2D eigenvalue weighted by Gasteiger charge is -2.26. The van der Waals surface area contributed by atoms with Crippen LogP contribution in [0, 0.1) is 12.3 Å². The molecule has 0 aliphatic rings. The van der Waals surface area contributed by atoms with E-state index >= 15 is 0 Å². The minimum atomic E-state index is -0.793. The molecule has 1 aromatic rings. The molecule has 1 aromatic heterocycles. The second-order valence-corrected chi connectivity index (χ2v) is 4.14. The smallest absolute Gasteiger partial charge is 0.313 e. The highest BCUT2D eigenvalue weighted by Gasteiger charge is 2.38. The van der Waals surface area contributed by atoms with Crippen molar-refractivity contribution in [1.29, 1.82) is 0 Å². The Labute approximate surface area is 102 Å². The number of methoxy groups -OCH3 is 1. The summed E-state index contributed by atoms with van der Waals surface area (Å²) in [6.45, 7) is 5.31. The number of esters is 1. The fourth-order valence-electron chi connectivity index (χ4n) is 1.37. The first kappa shape index (κ1) is 15.0. The number of hydrogen-bond acceptors (Lipinski definition) is 4. The number of aryl methyl sites for hydroxylation is 1. The zero-order valence-corrected chi connectivity index (χ0v) is 10.8. The van der Waals surface area contributed by atoms with Crippen LogP contribution in [0.4, 0.5) is 0 Å². The highest BCUT2D eigenvalue weighted by Crippen LogP contribution is 2.33. The normalized spacial score (nSPS) is 12.8. The molecular formula is C11H18ClNO3. The van der Waals surface area contributed by atoms with Crippen molar-refractivity contribution in [3.63, 3.8) is 0 Å². The molecule has 0 spiro atoms. The summed E-state index contributed by atoms with van der Waals surface area (Å²) < 4.78 is 10.1. The third-order valence-corrected chi connectivity index (χ3v) is 2.56. The summed E-state index contributed by atoms with van der Waals surface area (Å²) in [5, 5.41) is 0. The van der Waals surface area contributed by atoms with Crippen molar-refractivity contribution in [3.8, 4) is 0 Å². The van der Waals surface area contributed by atoms with Gasteiger partial charge in [-0.1, -0.05) is 0 Å². The van der Waals surface area contributed by atoms with Gasteiger partial charge in [-0.25, -0.2) is 0 Å². The van der Waals surface area contributed by atoms with E-state index in [1.807, 2.05) is 13.0 Å². The Bertz CT molecular complexity index is 360. The number of carbonyl (C=O) groups is 1. The Kier molecular flexibility index (Phi) is 5.03. The first-order chi connectivity index (χ1) is 6.89. The Morgan fingerprint density at radius 2 is 2.06 bits per heavy atom. The van der Waals surface area contributed by atoms with Crippen LogP contribution in [-0.2, 0) is 9.53 Å². The minimum absolute atomic E-state index is 0. The van der Waals surface area contributed by atoms with Crippen molar-refractivity contribution in [2.24, 2.45) is 11.1 Å². The van der Waals surface area contributed by atoms with Crippen molar-refractivity contribution >= 4 is 18.4 Å². The molecule has 0 fully saturated rings. The fraction of sp³-hybridized carbons (Fsp3) is 0.545. The molecule has 0 aromatic carbocycles. The van der Waals surface area contributed by atoms with Gasteiger partial charge in [-0.05, 0) is 32.9 Å². The second kappa shape index (κ2) is 5.37. The molecule has 1 heterocycles. The summed E-state index contributed by atoms with van der Waals surface area (Å²) in [7, 11) is 1.35. The highest BCUT2D eigenvalue weighted by molar-refractivity contribution is 5.85. The van der Waals surface area contributed by atoms with Gasteiger partial charge in [-0.15, -0.1) is 12.4 Å². The summed E-state index contributed by atoms with van der Waals surface area (Å²) in [6.07, 6.45) is 0. The number of rotatable bonds is 3. The topological polar surface area (TPSA) is 65.5 Å². The zero-order valence-electron chi connectivity index (χ0n) is 9.94. The van der Waals surface area contributed by atoms with E-state index in [0.717, 1.165) is 5.76 Å². The van der Waals surface area contributed by atoms with Crippen LogP contribution in [0.2, 0.25) is 0 Å². The standard InChI is InChI=1S/C11H17NO3.ClH/c1-7-5-6-8(15-7)9(12)11(2,3)10(13)14-4;/h5-6,9H,12H2,1-4H3;1H/t9-;/m1./s1. The van der Waals surface area contributed by atoms with Gasteiger partial charge in [0.1, 0.15) is 11.5 Å². The van der Waals surface area contributed by atoms with Crippen molar-refractivity contribution in [1.82, 2.24) is 0 Å². The quantitative estimate of drug-likeness (QED) is 0.832. The van der Waals surface area contributed by atoms with Crippen molar-refractivity contribution in [2.45, 2.75) is 26.8 Å². The average Bonchev–Trinajstić information content (AvgIpc) is 2.62. The molecular weight excluding hydrogens is 230 g/mol. The van der Waals surface area contributed by atoms with Gasteiger partial charge in [0.05, 0.1) is 18.6 Å². The van der Waals surface area contributed by atoms with Crippen molar-refractivity contribution in [3.05, 3.63) is 23.7 Å². The molecule has 0 aliphatic heterocycles.